The molecule has 0 bridgehead atoms. The molecule has 4 nitrogen and oxygen atoms in total. The predicted octanol–water partition coefficient (Wildman–Crippen LogP) is 1.84. The molecule has 0 aliphatic carbocycles. The van der Waals surface area contributed by atoms with Gasteiger partial charge in [-0.1, -0.05) is 26.3 Å². The Bertz CT molecular complexity index is 418. The lowest BCUT2D eigenvalue weighted by Gasteiger charge is -2.22. The largest absolute Gasteiger partial charge is 0.507 e. The van der Waals surface area contributed by atoms with E-state index in [0.717, 1.165) is 12.0 Å². The Labute approximate surface area is 108 Å². The summed E-state index contributed by atoms with van der Waals surface area (Å²) in [4.78, 5) is 12.0. The van der Waals surface area contributed by atoms with Gasteiger partial charge in [0, 0.05) is 0 Å². The number of hydrogen-bond donors (Lipinski definition) is 3. The topological polar surface area (TPSA) is 69.6 Å². The van der Waals surface area contributed by atoms with Crippen LogP contribution in [0.3, 0.4) is 0 Å². The van der Waals surface area contributed by atoms with Crippen molar-refractivity contribution in [2.75, 3.05) is 6.61 Å². The maximum atomic E-state index is 12.0. The quantitative estimate of drug-likeness (QED) is 0.748. The standard InChI is InChI=1S/C14H21NO3/c1-4-10(3)12(8-16)15-14(18)11-6-5-9(2)7-13(11)17/h5-7,10,12,16-17H,4,8H2,1-3H3,(H,15,18)/t10-,12-/m0/s1. The maximum absolute atomic E-state index is 12.0. The van der Waals surface area contributed by atoms with E-state index in [4.69, 9.17) is 0 Å². The maximum Gasteiger partial charge on any atom is 0.255 e. The second-order valence-electron chi connectivity index (χ2n) is 4.67. The van der Waals surface area contributed by atoms with E-state index in [1.807, 2.05) is 20.8 Å². The van der Waals surface area contributed by atoms with Crippen LogP contribution in [0.4, 0.5) is 0 Å². The normalized spacial score (nSPS) is 14.0. The molecule has 2 atom stereocenters. The lowest BCUT2D eigenvalue weighted by atomic mass is 9.99. The molecule has 100 valence electrons. The SMILES string of the molecule is CC[C@H](C)[C@H](CO)NC(=O)c1ccc(C)cc1O. The molecular formula is C14H21NO3. The van der Waals surface area contributed by atoms with E-state index in [1.165, 1.54) is 0 Å². The summed E-state index contributed by atoms with van der Waals surface area (Å²) in [5.74, 6) is -0.202. The first-order chi connectivity index (χ1) is 8.49. The summed E-state index contributed by atoms with van der Waals surface area (Å²) in [6.07, 6.45) is 0.866. The van der Waals surface area contributed by atoms with Crippen LogP contribution in [0.25, 0.3) is 0 Å². The third-order valence-electron chi connectivity index (χ3n) is 3.24. The van der Waals surface area contributed by atoms with E-state index in [9.17, 15) is 15.0 Å². The third-order valence-corrected chi connectivity index (χ3v) is 3.24. The monoisotopic (exact) mass is 251 g/mol. The minimum absolute atomic E-state index is 0.0339. The van der Waals surface area contributed by atoms with Gasteiger partial charge in [0.15, 0.2) is 0 Å². The van der Waals surface area contributed by atoms with Crippen LogP contribution in [0.2, 0.25) is 0 Å². The Kier molecular flexibility index (Phi) is 5.16. The van der Waals surface area contributed by atoms with Gasteiger partial charge in [-0.3, -0.25) is 4.79 Å². The highest BCUT2D eigenvalue weighted by Crippen LogP contribution is 2.19. The molecule has 0 saturated heterocycles. The van der Waals surface area contributed by atoms with E-state index < -0.39 is 0 Å². The minimum Gasteiger partial charge on any atom is -0.507 e. The van der Waals surface area contributed by atoms with Gasteiger partial charge in [0.1, 0.15) is 5.75 Å². The van der Waals surface area contributed by atoms with Gasteiger partial charge in [-0.2, -0.15) is 0 Å². The summed E-state index contributed by atoms with van der Waals surface area (Å²) in [5, 5.41) is 21.7. The summed E-state index contributed by atoms with van der Waals surface area (Å²) in [5.41, 5.74) is 1.13. The van der Waals surface area contributed by atoms with E-state index >= 15 is 0 Å². The van der Waals surface area contributed by atoms with E-state index in [1.54, 1.807) is 18.2 Å². The molecule has 0 radical (unpaired) electrons. The number of rotatable bonds is 5. The van der Waals surface area contributed by atoms with Gasteiger partial charge in [0.25, 0.3) is 5.91 Å². The van der Waals surface area contributed by atoms with Crippen molar-refractivity contribution in [2.24, 2.45) is 5.92 Å². The van der Waals surface area contributed by atoms with Crippen molar-refractivity contribution in [2.45, 2.75) is 33.2 Å². The van der Waals surface area contributed by atoms with Crippen molar-refractivity contribution in [3.63, 3.8) is 0 Å². The lowest BCUT2D eigenvalue weighted by Crippen LogP contribution is -2.41. The Morgan fingerprint density at radius 1 is 1.44 bits per heavy atom. The number of amides is 1. The van der Waals surface area contributed by atoms with Crippen LogP contribution >= 0.6 is 0 Å². The van der Waals surface area contributed by atoms with Crippen molar-refractivity contribution in [1.29, 1.82) is 0 Å². The first-order valence-electron chi connectivity index (χ1n) is 6.20. The fraction of sp³-hybridized carbons (Fsp3) is 0.500. The third kappa shape index (κ3) is 3.47. The van der Waals surface area contributed by atoms with Gasteiger partial charge in [0.2, 0.25) is 0 Å². The summed E-state index contributed by atoms with van der Waals surface area (Å²) in [6, 6.07) is 4.62. The first-order valence-corrected chi connectivity index (χ1v) is 6.20. The highest BCUT2D eigenvalue weighted by atomic mass is 16.3. The fourth-order valence-electron chi connectivity index (χ4n) is 1.73. The number of hydrogen-bond acceptors (Lipinski definition) is 3. The smallest absolute Gasteiger partial charge is 0.255 e. The van der Waals surface area contributed by atoms with Crippen LogP contribution in [0.15, 0.2) is 18.2 Å². The molecule has 0 aromatic heterocycles. The molecule has 0 aliphatic heterocycles. The number of aromatic hydroxyl groups is 1. The van der Waals surface area contributed by atoms with Gasteiger partial charge in [-0.05, 0) is 30.5 Å². The molecule has 0 aliphatic rings. The number of aliphatic hydroxyl groups excluding tert-OH is 1. The van der Waals surface area contributed by atoms with Crippen LogP contribution in [0.5, 0.6) is 5.75 Å². The van der Waals surface area contributed by atoms with Crippen LogP contribution in [-0.4, -0.2) is 28.8 Å². The van der Waals surface area contributed by atoms with Crippen LogP contribution in [-0.2, 0) is 0 Å². The summed E-state index contributed by atoms with van der Waals surface area (Å²) in [7, 11) is 0. The molecule has 0 heterocycles. The molecule has 0 saturated carbocycles. The highest BCUT2D eigenvalue weighted by molar-refractivity contribution is 5.97. The van der Waals surface area contributed by atoms with Crippen molar-refractivity contribution >= 4 is 5.91 Å². The van der Waals surface area contributed by atoms with Gasteiger partial charge < -0.3 is 15.5 Å². The second kappa shape index (κ2) is 6.40. The Hall–Kier alpha value is -1.55. The van der Waals surface area contributed by atoms with Crippen LogP contribution in [0.1, 0.15) is 36.2 Å². The molecule has 1 rings (SSSR count). The van der Waals surface area contributed by atoms with E-state index in [-0.39, 0.29) is 35.8 Å². The zero-order chi connectivity index (χ0) is 13.7. The van der Waals surface area contributed by atoms with Crippen LogP contribution < -0.4 is 5.32 Å². The Morgan fingerprint density at radius 3 is 2.61 bits per heavy atom. The van der Waals surface area contributed by atoms with E-state index in [0.29, 0.717) is 0 Å². The molecule has 4 heteroatoms. The summed E-state index contributed by atoms with van der Waals surface area (Å²) >= 11 is 0. The number of phenols is 1. The molecule has 0 spiro atoms. The fourth-order valence-corrected chi connectivity index (χ4v) is 1.73. The average Bonchev–Trinajstić information content (AvgIpc) is 2.34. The molecular weight excluding hydrogens is 230 g/mol. The number of nitrogens with one attached hydrogen (secondary N) is 1. The molecule has 1 amide bonds. The first kappa shape index (κ1) is 14.5. The average molecular weight is 251 g/mol. The number of phenolic OH excluding ortho intramolecular Hbond substituents is 1. The number of aliphatic hydroxyl groups is 1. The second-order valence-corrected chi connectivity index (χ2v) is 4.67. The number of carbonyl (C=O) groups excluding carboxylic acids is 1. The molecule has 1 aromatic carbocycles. The zero-order valence-corrected chi connectivity index (χ0v) is 11.1. The molecule has 1 aromatic rings. The molecule has 3 N–H and O–H groups in total. The zero-order valence-electron chi connectivity index (χ0n) is 11.1. The highest BCUT2D eigenvalue weighted by Gasteiger charge is 2.19. The number of carbonyl (C=O) groups is 1. The summed E-state index contributed by atoms with van der Waals surface area (Å²) in [6.45, 7) is 5.71. The van der Waals surface area contributed by atoms with Crippen LogP contribution in [0, 0.1) is 12.8 Å². The van der Waals surface area contributed by atoms with Crippen molar-refractivity contribution in [3.8, 4) is 5.75 Å². The van der Waals surface area contributed by atoms with E-state index in [2.05, 4.69) is 5.32 Å². The van der Waals surface area contributed by atoms with Gasteiger partial charge in [-0.25, -0.2) is 0 Å². The minimum atomic E-state index is -0.355. The molecule has 18 heavy (non-hydrogen) atoms. The Balaban J connectivity index is 2.81. The Morgan fingerprint density at radius 2 is 2.11 bits per heavy atom. The van der Waals surface area contributed by atoms with Gasteiger partial charge >= 0.3 is 0 Å². The number of benzene rings is 1. The predicted molar refractivity (Wildman–Crippen MR) is 70.6 cm³/mol. The summed E-state index contributed by atoms with van der Waals surface area (Å²) < 4.78 is 0. The van der Waals surface area contributed by atoms with Crippen molar-refractivity contribution < 1.29 is 15.0 Å². The molecule has 0 fully saturated rings. The number of aryl methyl sites for hydroxylation is 1. The van der Waals surface area contributed by atoms with Crippen molar-refractivity contribution in [1.82, 2.24) is 5.32 Å². The molecule has 0 unspecified atom stereocenters. The lowest BCUT2D eigenvalue weighted by molar-refractivity contribution is 0.0888. The van der Waals surface area contributed by atoms with Gasteiger partial charge in [-0.15, -0.1) is 0 Å². The van der Waals surface area contributed by atoms with Gasteiger partial charge in [0.05, 0.1) is 18.2 Å². The van der Waals surface area contributed by atoms with Crippen molar-refractivity contribution in [3.05, 3.63) is 29.3 Å².